The number of amides is 2. The zero-order valence-electron chi connectivity index (χ0n) is 18.4. The van der Waals surface area contributed by atoms with Crippen molar-refractivity contribution < 1.29 is 27.9 Å². The van der Waals surface area contributed by atoms with E-state index >= 15 is 0 Å². The first-order valence-electron chi connectivity index (χ1n) is 9.86. The van der Waals surface area contributed by atoms with Crippen LogP contribution in [-0.2, 0) is 16.1 Å². The fourth-order valence-electron chi connectivity index (χ4n) is 2.58. The van der Waals surface area contributed by atoms with Gasteiger partial charge in [0.1, 0.15) is 27.4 Å². The number of halogens is 3. The second-order valence-electron chi connectivity index (χ2n) is 7.49. The molecule has 0 fully saturated rings. The van der Waals surface area contributed by atoms with Crippen LogP contribution in [0.2, 0.25) is 0 Å². The Kier molecular flexibility index (Phi) is 8.25. The summed E-state index contributed by atoms with van der Waals surface area (Å²) < 4.78 is 38.4. The third-order valence-corrected chi connectivity index (χ3v) is 5.40. The van der Waals surface area contributed by atoms with E-state index in [-0.39, 0.29) is 15.7 Å². The fourth-order valence-corrected chi connectivity index (χ4v) is 3.66. The van der Waals surface area contributed by atoms with Crippen molar-refractivity contribution in [2.24, 2.45) is 0 Å². The third-order valence-electron chi connectivity index (χ3n) is 4.27. The van der Waals surface area contributed by atoms with Gasteiger partial charge in [0.15, 0.2) is 5.57 Å². The summed E-state index contributed by atoms with van der Waals surface area (Å²) in [4.78, 5) is 36.8. The lowest BCUT2D eigenvalue weighted by molar-refractivity contribution is -0.135. The molecule has 1 aromatic heterocycles. The molecule has 0 spiro atoms. The molecule has 0 radical (unpaired) electrons. The molecule has 0 saturated carbocycles. The Balaban J connectivity index is 2.41. The average Bonchev–Trinajstić information content (AvgIpc) is 3.05. The lowest BCUT2D eigenvalue weighted by Crippen LogP contribution is -2.37. The minimum Gasteiger partial charge on any atom is -0.381 e. The average molecular weight is 497 g/mol. The number of hydrogen-bond donors (Lipinski definition) is 4. The Bertz CT molecular complexity index is 1300. The van der Waals surface area contributed by atoms with E-state index in [1.165, 1.54) is 20.0 Å². The maximum absolute atomic E-state index is 12.7. The van der Waals surface area contributed by atoms with Gasteiger partial charge in [0, 0.05) is 24.1 Å². The number of nitriles is 1. The van der Waals surface area contributed by atoms with E-state index in [2.05, 4.69) is 10.6 Å². The molecule has 1 aromatic carbocycles. The van der Waals surface area contributed by atoms with Gasteiger partial charge in [-0.1, -0.05) is 6.07 Å². The molecule has 2 aromatic rings. The van der Waals surface area contributed by atoms with Crippen LogP contribution in [0, 0.1) is 11.3 Å². The number of hydrogen-bond acceptors (Lipinski definition) is 7. The zero-order chi connectivity index (χ0) is 25.7. The number of anilines is 2. The van der Waals surface area contributed by atoms with Gasteiger partial charge in [-0.05, 0) is 39.0 Å². The molecule has 0 aliphatic rings. The highest BCUT2D eigenvalue weighted by Crippen LogP contribution is 2.17. The first-order chi connectivity index (χ1) is 15.8. The number of thiazole rings is 1. The second kappa shape index (κ2) is 10.5. The quantitative estimate of drug-likeness (QED) is 0.448. The van der Waals surface area contributed by atoms with Crippen LogP contribution in [0.3, 0.4) is 0 Å². The number of carbonyl (C=O) groups excluding carboxylic acids is 2. The van der Waals surface area contributed by atoms with Crippen LogP contribution in [0.25, 0.3) is 11.8 Å². The summed E-state index contributed by atoms with van der Waals surface area (Å²) in [5, 5.41) is 26.1. The molecular formula is C21H22F3N5O4S. The summed E-state index contributed by atoms with van der Waals surface area (Å²) in [6, 6.07) is 7.97. The molecule has 13 heteroatoms. The van der Waals surface area contributed by atoms with Crippen molar-refractivity contribution in [1.29, 1.82) is 5.26 Å². The molecule has 0 atom stereocenters. The Morgan fingerprint density at radius 1 is 1.26 bits per heavy atom. The van der Waals surface area contributed by atoms with E-state index in [1.54, 1.807) is 42.6 Å². The Morgan fingerprint density at radius 3 is 2.47 bits per heavy atom. The van der Waals surface area contributed by atoms with Crippen LogP contribution in [0.4, 0.5) is 24.5 Å². The van der Waals surface area contributed by atoms with Crippen molar-refractivity contribution in [3.63, 3.8) is 0 Å². The van der Waals surface area contributed by atoms with E-state index in [9.17, 15) is 37.9 Å². The molecule has 0 aliphatic heterocycles. The van der Waals surface area contributed by atoms with Crippen LogP contribution in [-0.4, -0.2) is 39.8 Å². The van der Waals surface area contributed by atoms with Crippen LogP contribution in [0.1, 0.15) is 20.8 Å². The molecule has 9 nitrogen and oxygen atoms in total. The predicted octanol–water partition coefficient (Wildman–Crippen LogP) is 0.842. The van der Waals surface area contributed by atoms with Crippen LogP contribution in [0.15, 0.2) is 29.1 Å². The van der Waals surface area contributed by atoms with Crippen LogP contribution in [0.5, 0.6) is 0 Å². The van der Waals surface area contributed by atoms with Crippen molar-refractivity contribution in [2.75, 3.05) is 17.2 Å². The highest BCUT2D eigenvalue weighted by Gasteiger charge is 2.29. The molecular weight excluding hydrogens is 475 g/mol. The molecule has 0 unspecified atom stereocenters. The van der Waals surface area contributed by atoms with E-state index in [0.29, 0.717) is 11.4 Å². The van der Waals surface area contributed by atoms with Gasteiger partial charge in [-0.25, -0.2) is 0 Å². The monoisotopic (exact) mass is 497 g/mol. The summed E-state index contributed by atoms with van der Waals surface area (Å²) in [5.41, 5.74) is -1.89. The molecule has 0 saturated heterocycles. The Hall–Kier alpha value is -3.63. The summed E-state index contributed by atoms with van der Waals surface area (Å²) in [7, 11) is 0. The number of aromatic nitrogens is 1. The number of benzene rings is 1. The summed E-state index contributed by atoms with van der Waals surface area (Å²) in [6.45, 7) is 2.73. The topological polar surface area (TPSA) is 136 Å². The number of aliphatic hydroxyl groups is 1. The molecule has 0 aliphatic carbocycles. The zero-order valence-corrected chi connectivity index (χ0v) is 19.2. The Morgan fingerprint density at radius 2 is 1.91 bits per heavy atom. The van der Waals surface area contributed by atoms with Crippen molar-refractivity contribution in [1.82, 2.24) is 9.88 Å². The van der Waals surface area contributed by atoms with Crippen molar-refractivity contribution in [2.45, 2.75) is 39.1 Å². The SMILES string of the molecule is CCn1c(=C(C#N)C(=O)NCC(F)(F)F)sc(=CNc2cccc(NC(=O)C(C)(C)O)c2)c1=O. The van der Waals surface area contributed by atoms with Crippen LogP contribution < -0.4 is 30.7 Å². The minimum absolute atomic E-state index is 0.0751. The van der Waals surface area contributed by atoms with E-state index in [4.69, 9.17) is 0 Å². The van der Waals surface area contributed by atoms with Gasteiger partial charge in [0.05, 0.1) is 0 Å². The molecule has 2 amide bonds. The second-order valence-corrected chi connectivity index (χ2v) is 8.52. The van der Waals surface area contributed by atoms with Crippen LogP contribution >= 0.6 is 11.3 Å². The summed E-state index contributed by atoms with van der Waals surface area (Å²) >= 11 is 0.771. The maximum Gasteiger partial charge on any atom is 0.405 e. The standard InChI is InChI=1S/C21H22F3N5O4S/c1-4-29-17(31)15(34-18(29)14(9-25)16(30)27-11-21(22,23)24)10-26-12-6-5-7-13(8-12)28-19(32)20(2,3)33/h5-8,10,26,33H,4,11H2,1-3H3,(H,27,30)(H,28,32). The van der Waals surface area contributed by atoms with Gasteiger partial charge in [-0.15, -0.1) is 11.3 Å². The van der Waals surface area contributed by atoms with Crippen molar-refractivity contribution in [3.8, 4) is 6.07 Å². The van der Waals surface area contributed by atoms with Crippen molar-refractivity contribution >= 4 is 46.3 Å². The highest BCUT2D eigenvalue weighted by atomic mass is 32.1. The smallest absolute Gasteiger partial charge is 0.381 e. The third kappa shape index (κ3) is 6.93. The van der Waals surface area contributed by atoms with Gasteiger partial charge < -0.3 is 21.1 Å². The Labute approximate surface area is 195 Å². The minimum atomic E-state index is -4.65. The van der Waals surface area contributed by atoms with Gasteiger partial charge in [-0.2, -0.15) is 18.4 Å². The molecule has 182 valence electrons. The van der Waals surface area contributed by atoms with Gasteiger partial charge in [0.2, 0.25) is 0 Å². The van der Waals surface area contributed by atoms with Gasteiger partial charge in [-0.3, -0.25) is 19.0 Å². The lowest BCUT2D eigenvalue weighted by Gasteiger charge is -2.16. The number of carbonyl (C=O) groups is 2. The first kappa shape index (κ1) is 26.6. The van der Waals surface area contributed by atoms with E-state index < -0.39 is 41.3 Å². The number of nitrogens with zero attached hydrogens (tertiary/aromatic N) is 2. The molecule has 4 N–H and O–H groups in total. The largest absolute Gasteiger partial charge is 0.405 e. The predicted molar refractivity (Wildman–Crippen MR) is 121 cm³/mol. The molecule has 2 rings (SSSR count). The molecule has 34 heavy (non-hydrogen) atoms. The number of rotatable bonds is 7. The van der Waals surface area contributed by atoms with Crippen molar-refractivity contribution in [3.05, 3.63) is 43.8 Å². The lowest BCUT2D eigenvalue weighted by atomic mass is 10.1. The fraction of sp³-hybridized carbons (Fsp3) is 0.333. The first-order valence-corrected chi connectivity index (χ1v) is 10.7. The van der Waals surface area contributed by atoms with E-state index in [1.807, 2.05) is 0 Å². The normalized spacial score (nSPS) is 13.2. The van der Waals surface area contributed by atoms with Gasteiger partial charge in [0.25, 0.3) is 17.4 Å². The molecule has 1 heterocycles. The maximum atomic E-state index is 12.7. The van der Waals surface area contributed by atoms with E-state index in [0.717, 1.165) is 15.9 Å². The highest BCUT2D eigenvalue weighted by molar-refractivity contribution is 7.07. The van der Waals surface area contributed by atoms with Gasteiger partial charge >= 0.3 is 6.18 Å². The molecule has 0 bridgehead atoms. The summed E-state index contributed by atoms with van der Waals surface area (Å²) in [6.07, 6.45) is -3.33. The summed E-state index contributed by atoms with van der Waals surface area (Å²) in [5.74, 6) is -1.86. The number of alkyl halides is 3. The number of nitrogens with one attached hydrogen (secondary N) is 3.